The maximum atomic E-state index is 13.1. The molecule has 29 heavy (non-hydrogen) atoms. The van der Waals surface area contributed by atoms with Crippen LogP contribution in [0.4, 0.5) is 0 Å². The fourth-order valence-electron chi connectivity index (χ4n) is 3.73. The third-order valence-electron chi connectivity index (χ3n) is 5.04. The van der Waals surface area contributed by atoms with Crippen molar-refractivity contribution in [3.63, 3.8) is 0 Å². The molecule has 0 aliphatic rings. The summed E-state index contributed by atoms with van der Waals surface area (Å²) in [7, 11) is 0. The van der Waals surface area contributed by atoms with E-state index in [-0.39, 0.29) is 16.8 Å². The Bertz CT molecular complexity index is 1210. The third kappa shape index (κ3) is 3.44. The molecule has 4 rings (SSSR count). The molecule has 0 spiro atoms. The molecule has 4 aromatic rings. The molecular weight excluding hydrogens is 388 g/mol. The van der Waals surface area contributed by atoms with Crippen LogP contribution in [0.5, 0.6) is 0 Å². The molecule has 3 aromatic heterocycles. The Kier molecular flexibility index (Phi) is 5.20. The Balaban J connectivity index is 2.02. The zero-order valence-corrected chi connectivity index (χ0v) is 17.3. The Hall–Kier alpha value is -2.99. The minimum absolute atomic E-state index is 0.0542. The van der Waals surface area contributed by atoms with Crippen LogP contribution in [0, 0.1) is 13.8 Å². The second-order valence-corrected chi connectivity index (χ2v) is 7.39. The number of pyridine rings is 1. The van der Waals surface area contributed by atoms with Crippen LogP contribution in [0.3, 0.4) is 0 Å². The first kappa shape index (κ1) is 19.3. The van der Waals surface area contributed by atoms with Crippen LogP contribution < -0.4 is 5.56 Å². The number of halogens is 1. The molecule has 0 aliphatic heterocycles. The van der Waals surface area contributed by atoms with Crippen molar-refractivity contribution in [2.45, 2.75) is 39.7 Å². The average Bonchev–Trinajstić information content (AvgIpc) is 3.06. The molecule has 0 amide bonds. The topological polar surface area (TPSA) is 73.8 Å². The van der Waals surface area contributed by atoms with Gasteiger partial charge in [0.2, 0.25) is 0 Å². The van der Waals surface area contributed by atoms with Crippen molar-refractivity contribution in [2.75, 3.05) is 0 Å². The first-order valence-corrected chi connectivity index (χ1v) is 9.96. The molecule has 6 nitrogen and oxygen atoms in total. The first-order valence-electron chi connectivity index (χ1n) is 9.58. The molecule has 0 unspecified atom stereocenters. The highest BCUT2D eigenvalue weighted by Crippen LogP contribution is 2.29. The number of hydrogen-bond donors (Lipinski definition) is 0. The number of fused-ring (bicyclic) bond motifs is 1. The Morgan fingerprint density at radius 1 is 1.10 bits per heavy atom. The quantitative estimate of drug-likeness (QED) is 0.459. The predicted octanol–water partition coefficient (Wildman–Crippen LogP) is 5.11. The number of nitrogens with zero attached hydrogens (tertiary/aromatic N) is 4. The zero-order valence-electron chi connectivity index (χ0n) is 16.5. The second-order valence-electron chi connectivity index (χ2n) is 7.03. The molecule has 1 atom stereocenters. The highest BCUT2D eigenvalue weighted by atomic mass is 35.5. The van der Waals surface area contributed by atoms with E-state index in [1.807, 2.05) is 56.3 Å². The smallest absolute Gasteiger partial charge is 0.290 e. The van der Waals surface area contributed by atoms with Crippen molar-refractivity contribution in [2.24, 2.45) is 0 Å². The maximum Gasteiger partial charge on any atom is 0.290 e. The van der Waals surface area contributed by atoms with E-state index in [9.17, 15) is 4.79 Å². The molecule has 0 bridgehead atoms. The minimum Gasteiger partial charge on any atom is -0.361 e. The van der Waals surface area contributed by atoms with Gasteiger partial charge in [0, 0.05) is 0 Å². The SMILES string of the molecule is CCC[C@@H](c1ccccc1)n1c(=O)c(Cl)nc2ccc(-c3c(C)noc3C)nc21. The molecule has 0 radical (unpaired) electrons. The van der Waals surface area contributed by atoms with E-state index < -0.39 is 0 Å². The van der Waals surface area contributed by atoms with Crippen molar-refractivity contribution < 1.29 is 4.52 Å². The van der Waals surface area contributed by atoms with E-state index in [4.69, 9.17) is 21.1 Å². The summed E-state index contributed by atoms with van der Waals surface area (Å²) in [5.41, 5.74) is 4.02. The lowest BCUT2D eigenvalue weighted by Crippen LogP contribution is -2.28. The summed E-state index contributed by atoms with van der Waals surface area (Å²) >= 11 is 6.22. The molecule has 148 valence electrons. The van der Waals surface area contributed by atoms with Gasteiger partial charge >= 0.3 is 0 Å². The van der Waals surface area contributed by atoms with E-state index in [0.717, 1.165) is 29.7 Å². The van der Waals surface area contributed by atoms with Crippen molar-refractivity contribution in [1.82, 2.24) is 19.7 Å². The number of rotatable bonds is 5. The van der Waals surface area contributed by atoms with Crippen LogP contribution in [0.25, 0.3) is 22.4 Å². The first-order chi connectivity index (χ1) is 14.0. The number of aromatic nitrogens is 4. The van der Waals surface area contributed by atoms with Crippen molar-refractivity contribution in [3.05, 3.63) is 75.0 Å². The van der Waals surface area contributed by atoms with E-state index in [0.29, 0.717) is 22.6 Å². The standard InChI is InChI=1S/C22H21ClN4O2/c1-4-8-18(15-9-6-5-7-10-15)27-21-17(24-20(23)22(27)28)12-11-16(25-21)19-13(2)26-29-14(19)3/h5-7,9-12,18H,4,8H2,1-3H3/t18-/m0/s1. The molecule has 0 aliphatic carbocycles. The summed E-state index contributed by atoms with van der Waals surface area (Å²) in [6, 6.07) is 13.4. The number of hydrogen-bond acceptors (Lipinski definition) is 5. The fourth-order valence-corrected chi connectivity index (χ4v) is 3.91. The summed E-state index contributed by atoms with van der Waals surface area (Å²) in [6.45, 7) is 5.81. The van der Waals surface area contributed by atoms with Crippen LogP contribution >= 0.6 is 11.6 Å². The largest absolute Gasteiger partial charge is 0.361 e. The van der Waals surface area contributed by atoms with Gasteiger partial charge in [-0.25, -0.2) is 9.97 Å². The minimum atomic E-state index is -0.343. The van der Waals surface area contributed by atoms with E-state index >= 15 is 0 Å². The van der Waals surface area contributed by atoms with E-state index in [1.165, 1.54) is 0 Å². The van der Waals surface area contributed by atoms with Gasteiger partial charge < -0.3 is 4.52 Å². The van der Waals surface area contributed by atoms with Gasteiger partial charge in [0.25, 0.3) is 5.56 Å². The van der Waals surface area contributed by atoms with Gasteiger partial charge in [-0.1, -0.05) is 60.4 Å². The molecule has 3 heterocycles. The van der Waals surface area contributed by atoms with Crippen molar-refractivity contribution in [1.29, 1.82) is 0 Å². The van der Waals surface area contributed by atoms with Crippen molar-refractivity contribution >= 4 is 22.8 Å². The lowest BCUT2D eigenvalue weighted by molar-refractivity contribution is 0.393. The number of benzene rings is 1. The van der Waals surface area contributed by atoms with Crippen LogP contribution in [0.15, 0.2) is 51.8 Å². The van der Waals surface area contributed by atoms with Gasteiger partial charge in [-0.3, -0.25) is 9.36 Å². The highest BCUT2D eigenvalue weighted by Gasteiger charge is 2.22. The fraction of sp³-hybridized carbons (Fsp3) is 0.273. The molecular formula is C22H21ClN4O2. The lowest BCUT2D eigenvalue weighted by Gasteiger charge is -2.21. The molecule has 0 N–H and O–H groups in total. The summed E-state index contributed by atoms with van der Waals surface area (Å²) in [5.74, 6) is 0.679. The van der Waals surface area contributed by atoms with Crippen molar-refractivity contribution in [3.8, 4) is 11.3 Å². The molecule has 1 aromatic carbocycles. The average molecular weight is 409 g/mol. The molecule has 0 saturated carbocycles. The maximum absolute atomic E-state index is 13.1. The van der Waals surface area contributed by atoms with Gasteiger partial charge in [-0.15, -0.1) is 0 Å². The molecule has 0 fully saturated rings. The second kappa shape index (κ2) is 7.79. The van der Waals surface area contributed by atoms with Crippen LogP contribution in [-0.4, -0.2) is 19.7 Å². The highest BCUT2D eigenvalue weighted by molar-refractivity contribution is 6.29. The van der Waals surface area contributed by atoms with Gasteiger partial charge in [0.15, 0.2) is 10.8 Å². The third-order valence-corrected chi connectivity index (χ3v) is 5.29. The van der Waals surface area contributed by atoms with Gasteiger partial charge in [0.1, 0.15) is 11.3 Å². The molecule has 0 saturated heterocycles. The number of aryl methyl sites for hydroxylation is 2. The van der Waals surface area contributed by atoms with Gasteiger partial charge in [-0.05, 0) is 38.0 Å². The lowest BCUT2D eigenvalue weighted by atomic mass is 10.0. The van der Waals surface area contributed by atoms with E-state index in [2.05, 4.69) is 17.1 Å². The van der Waals surface area contributed by atoms with Crippen LogP contribution in [0.2, 0.25) is 5.15 Å². The van der Waals surface area contributed by atoms with Gasteiger partial charge in [-0.2, -0.15) is 0 Å². The van der Waals surface area contributed by atoms with E-state index in [1.54, 1.807) is 4.57 Å². The Morgan fingerprint density at radius 3 is 2.52 bits per heavy atom. The van der Waals surface area contributed by atoms with Gasteiger partial charge in [0.05, 0.1) is 23.0 Å². The summed E-state index contributed by atoms with van der Waals surface area (Å²) in [4.78, 5) is 22.2. The van der Waals surface area contributed by atoms with Crippen LogP contribution in [0.1, 0.15) is 42.8 Å². The summed E-state index contributed by atoms with van der Waals surface area (Å²) in [6.07, 6.45) is 1.67. The Morgan fingerprint density at radius 2 is 1.86 bits per heavy atom. The Labute approximate surface area is 173 Å². The summed E-state index contributed by atoms with van der Waals surface area (Å²) < 4.78 is 6.97. The molecule has 7 heteroatoms. The predicted molar refractivity (Wildman–Crippen MR) is 113 cm³/mol. The monoisotopic (exact) mass is 408 g/mol. The normalized spacial score (nSPS) is 12.4. The van der Waals surface area contributed by atoms with Crippen LogP contribution in [-0.2, 0) is 0 Å². The summed E-state index contributed by atoms with van der Waals surface area (Å²) in [5, 5.41) is 3.96. The zero-order chi connectivity index (χ0) is 20.5.